The van der Waals surface area contributed by atoms with Gasteiger partial charge in [0.1, 0.15) is 11.6 Å². The highest BCUT2D eigenvalue weighted by atomic mass is 19.1. The van der Waals surface area contributed by atoms with Crippen molar-refractivity contribution in [3.8, 4) is 0 Å². The van der Waals surface area contributed by atoms with Crippen LogP contribution in [0.3, 0.4) is 0 Å². The normalized spacial score (nSPS) is 21.9. The Hall–Kier alpha value is -1.82. The largest absolute Gasteiger partial charge is 0.339 e. The van der Waals surface area contributed by atoms with Crippen molar-refractivity contribution >= 4 is 0 Å². The summed E-state index contributed by atoms with van der Waals surface area (Å²) in [5, 5.41) is 7.25. The van der Waals surface area contributed by atoms with Gasteiger partial charge < -0.3 is 9.84 Å². The SMILES string of the molecule is CCC1(c2nc(Cc3ccc(F)cc3F)no2)CCNC1. The smallest absolute Gasteiger partial charge is 0.234 e. The van der Waals surface area contributed by atoms with Gasteiger partial charge in [-0.2, -0.15) is 4.98 Å². The second-order valence-corrected chi connectivity index (χ2v) is 5.49. The van der Waals surface area contributed by atoms with E-state index in [1.807, 2.05) is 0 Å². The maximum absolute atomic E-state index is 13.6. The number of halogens is 2. The summed E-state index contributed by atoms with van der Waals surface area (Å²) in [5.41, 5.74) is 0.242. The Morgan fingerprint density at radius 1 is 1.38 bits per heavy atom. The first kappa shape index (κ1) is 14.1. The Morgan fingerprint density at radius 2 is 2.24 bits per heavy atom. The molecule has 1 N–H and O–H groups in total. The molecule has 1 aromatic carbocycles. The molecule has 4 nitrogen and oxygen atoms in total. The number of benzene rings is 1. The van der Waals surface area contributed by atoms with Crippen molar-refractivity contribution in [2.45, 2.75) is 31.6 Å². The quantitative estimate of drug-likeness (QED) is 0.941. The highest BCUT2D eigenvalue weighted by Crippen LogP contribution is 2.32. The zero-order valence-electron chi connectivity index (χ0n) is 11.8. The van der Waals surface area contributed by atoms with Crippen LogP contribution in [0, 0.1) is 11.6 Å². The van der Waals surface area contributed by atoms with E-state index in [0.29, 0.717) is 17.3 Å². The minimum Gasteiger partial charge on any atom is -0.339 e. The summed E-state index contributed by atoms with van der Waals surface area (Å²) in [6.07, 6.45) is 2.06. The van der Waals surface area contributed by atoms with Crippen LogP contribution in [0.1, 0.15) is 37.0 Å². The predicted molar refractivity (Wildman–Crippen MR) is 72.9 cm³/mol. The summed E-state index contributed by atoms with van der Waals surface area (Å²) >= 11 is 0. The Labute approximate surface area is 121 Å². The van der Waals surface area contributed by atoms with Crippen molar-refractivity contribution in [3.63, 3.8) is 0 Å². The highest BCUT2D eigenvalue weighted by Gasteiger charge is 2.39. The van der Waals surface area contributed by atoms with Crippen LogP contribution in [0.4, 0.5) is 8.78 Å². The number of rotatable bonds is 4. The van der Waals surface area contributed by atoms with Crippen LogP contribution < -0.4 is 5.32 Å². The molecule has 0 radical (unpaired) electrons. The fourth-order valence-electron chi connectivity index (χ4n) is 2.76. The molecule has 6 heteroatoms. The lowest BCUT2D eigenvalue weighted by molar-refractivity contribution is 0.283. The van der Waals surface area contributed by atoms with Gasteiger partial charge in [-0.25, -0.2) is 8.78 Å². The first-order valence-corrected chi connectivity index (χ1v) is 7.11. The van der Waals surface area contributed by atoms with Crippen LogP contribution in [-0.4, -0.2) is 23.2 Å². The average molecular weight is 293 g/mol. The zero-order chi connectivity index (χ0) is 14.9. The van der Waals surface area contributed by atoms with Gasteiger partial charge in [0.05, 0.1) is 5.41 Å². The molecule has 0 saturated carbocycles. The minimum atomic E-state index is -0.591. The topological polar surface area (TPSA) is 51.0 Å². The van der Waals surface area contributed by atoms with E-state index < -0.39 is 11.6 Å². The van der Waals surface area contributed by atoms with Crippen LogP contribution in [-0.2, 0) is 11.8 Å². The molecule has 2 aromatic rings. The third-order valence-electron chi connectivity index (χ3n) is 4.21. The van der Waals surface area contributed by atoms with E-state index >= 15 is 0 Å². The molecule has 3 rings (SSSR count). The summed E-state index contributed by atoms with van der Waals surface area (Å²) in [6, 6.07) is 3.51. The van der Waals surface area contributed by atoms with Gasteiger partial charge in [-0.1, -0.05) is 18.1 Å². The summed E-state index contributed by atoms with van der Waals surface area (Å²) < 4.78 is 31.9. The first-order chi connectivity index (χ1) is 10.1. The fraction of sp³-hybridized carbons (Fsp3) is 0.467. The molecular formula is C15H17F2N3O. The van der Waals surface area contributed by atoms with Crippen LogP contribution in [0.2, 0.25) is 0 Å². The van der Waals surface area contributed by atoms with Gasteiger partial charge in [0.25, 0.3) is 0 Å². The molecule has 21 heavy (non-hydrogen) atoms. The molecule has 1 fully saturated rings. The van der Waals surface area contributed by atoms with Gasteiger partial charge in [-0.3, -0.25) is 0 Å². The Morgan fingerprint density at radius 3 is 2.90 bits per heavy atom. The van der Waals surface area contributed by atoms with Gasteiger partial charge in [-0.05, 0) is 31.0 Å². The number of hydrogen-bond acceptors (Lipinski definition) is 4. The van der Waals surface area contributed by atoms with Crippen molar-refractivity contribution in [3.05, 3.63) is 47.1 Å². The Bertz CT molecular complexity index is 636. The molecule has 112 valence electrons. The molecule has 0 amide bonds. The molecule has 1 aliphatic heterocycles. The van der Waals surface area contributed by atoms with E-state index in [1.54, 1.807) is 0 Å². The molecular weight excluding hydrogens is 276 g/mol. The third-order valence-corrected chi connectivity index (χ3v) is 4.21. The maximum atomic E-state index is 13.6. The average Bonchev–Trinajstić information content (AvgIpc) is 3.11. The molecule has 1 aromatic heterocycles. The number of nitrogens with one attached hydrogen (secondary N) is 1. The molecule has 1 saturated heterocycles. The molecule has 1 unspecified atom stereocenters. The Balaban J connectivity index is 1.82. The third kappa shape index (κ3) is 2.68. The predicted octanol–water partition coefficient (Wildman–Crippen LogP) is 2.58. The Kier molecular flexibility index (Phi) is 3.71. The van der Waals surface area contributed by atoms with E-state index in [1.165, 1.54) is 12.1 Å². The maximum Gasteiger partial charge on any atom is 0.234 e. The second kappa shape index (κ2) is 5.52. The standard InChI is InChI=1S/C15H17F2N3O/c1-2-15(5-6-18-9-15)14-19-13(20-21-14)7-10-3-4-11(16)8-12(10)17/h3-4,8,18H,2,5-7,9H2,1H3. The van der Waals surface area contributed by atoms with Crippen LogP contribution in [0.5, 0.6) is 0 Å². The lowest BCUT2D eigenvalue weighted by Crippen LogP contribution is -2.28. The van der Waals surface area contributed by atoms with Gasteiger partial charge in [0.2, 0.25) is 5.89 Å². The van der Waals surface area contributed by atoms with Crippen molar-refractivity contribution in [2.24, 2.45) is 0 Å². The van der Waals surface area contributed by atoms with E-state index in [9.17, 15) is 8.78 Å². The van der Waals surface area contributed by atoms with Gasteiger partial charge in [0.15, 0.2) is 5.82 Å². The van der Waals surface area contributed by atoms with Crippen LogP contribution >= 0.6 is 0 Å². The van der Waals surface area contributed by atoms with E-state index in [2.05, 4.69) is 22.4 Å². The van der Waals surface area contributed by atoms with Crippen molar-refractivity contribution in [1.82, 2.24) is 15.5 Å². The van der Waals surface area contributed by atoms with Crippen molar-refractivity contribution < 1.29 is 13.3 Å². The molecule has 0 aliphatic carbocycles. The van der Waals surface area contributed by atoms with Gasteiger partial charge >= 0.3 is 0 Å². The van der Waals surface area contributed by atoms with Crippen LogP contribution in [0.15, 0.2) is 22.7 Å². The minimum absolute atomic E-state index is 0.118. The molecule has 2 heterocycles. The van der Waals surface area contributed by atoms with E-state index in [0.717, 1.165) is 32.0 Å². The lowest BCUT2D eigenvalue weighted by Gasteiger charge is -2.20. The van der Waals surface area contributed by atoms with Gasteiger partial charge in [-0.15, -0.1) is 0 Å². The van der Waals surface area contributed by atoms with E-state index in [4.69, 9.17) is 4.52 Å². The molecule has 0 bridgehead atoms. The summed E-state index contributed by atoms with van der Waals surface area (Å²) in [4.78, 5) is 4.42. The lowest BCUT2D eigenvalue weighted by atomic mass is 9.84. The number of nitrogens with zero attached hydrogens (tertiary/aromatic N) is 2. The molecule has 1 atom stereocenters. The monoisotopic (exact) mass is 293 g/mol. The van der Waals surface area contributed by atoms with Crippen LogP contribution in [0.25, 0.3) is 0 Å². The summed E-state index contributed by atoms with van der Waals surface area (Å²) in [6.45, 7) is 3.84. The van der Waals surface area contributed by atoms with Crippen molar-refractivity contribution in [2.75, 3.05) is 13.1 Å². The van der Waals surface area contributed by atoms with Crippen molar-refractivity contribution in [1.29, 1.82) is 0 Å². The number of aromatic nitrogens is 2. The zero-order valence-corrected chi connectivity index (χ0v) is 11.8. The fourth-order valence-corrected chi connectivity index (χ4v) is 2.76. The highest BCUT2D eigenvalue weighted by molar-refractivity contribution is 5.22. The van der Waals surface area contributed by atoms with E-state index in [-0.39, 0.29) is 11.8 Å². The first-order valence-electron chi connectivity index (χ1n) is 7.11. The summed E-state index contributed by atoms with van der Waals surface area (Å²) in [5.74, 6) is -0.149. The number of hydrogen-bond donors (Lipinski definition) is 1. The summed E-state index contributed by atoms with van der Waals surface area (Å²) in [7, 11) is 0. The van der Waals surface area contributed by atoms with Gasteiger partial charge in [0, 0.05) is 19.0 Å². The second-order valence-electron chi connectivity index (χ2n) is 5.49. The molecule has 0 spiro atoms. The molecule has 1 aliphatic rings.